The summed E-state index contributed by atoms with van der Waals surface area (Å²) in [7, 11) is 0. The minimum absolute atomic E-state index is 0.0900. The molecule has 2 atom stereocenters. The highest BCUT2D eigenvalue weighted by atomic mass is 19.1. The fraction of sp³-hybridized carbons (Fsp3) is 0.611. The second kappa shape index (κ2) is 6.59. The first-order valence-electron chi connectivity index (χ1n) is 7.68. The summed E-state index contributed by atoms with van der Waals surface area (Å²) in [5.74, 6) is -0.237. The van der Waals surface area contributed by atoms with Gasteiger partial charge in [-0.3, -0.25) is 4.79 Å². The van der Waals surface area contributed by atoms with Crippen LogP contribution in [0.1, 0.15) is 53.5 Å². The fourth-order valence-corrected chi connectivity index (χ4v) is 2.14. The van der Waals surface area contributed by atoms with Crippen molar-refractivity contribution < 1.29 is 9.18 Å². The second-order valence-electron chi connectivity index (χ2n) is 6.99. The molecule has 0 aliphatic rings. The molecular weight excluding hydrogens is 265 g/mol. The van der Waals surface area contributed by atoms with Crippen LogP contribution in [0.25, 0.3) is 0 Å². The van der Waals surface area contributed by atoms with Crippen LogP contribution in [0.3, 0.4) is 0 Å². The van der Waals surface area contributed by atoms with E-state index < -0.39 is 0 Å². The average Bonchev–Trinajstić information content (AvgIpc) is 2.40. The maximum atomic E-state index is 13.5. The molecule has 0 aromatic heterocycles. The molecule has 3 heteroatoms. The van der Waals surface area contributed by atoms with Gasteiger partial charge in [-0.1, -0.05) is 34.6 Å². The van der Waals surface area contributed by atoms with E-state index in [1.165, 1.54) is 6.07 Å². The van der Waals surface area contributed by atoms with E-state index in [1.54, 1.807) is 19.1 Å². The molecule has 0 radical (unpaired) electrons. The minimum atomic E-state index is -0.237. The molecule has 1 aromatic carbocycles. The fourth-order valence-electron chi connectivity index (χ4n) is 2.14. The zero-order valence-corrected chi connectivity index (χ0v) is 14.3. The van der Waals surface area contributed by atoms with E-state index in [1.807, 2.05) is 18.7 Å². The Morgan fingerprint density at radius 2 is 1.86 bits per heavy atom. The smallest absolute Gasteiger partial charge is 0.230 e. The van der Waals surface area contributed by atoms with E-state index in [2.05, 4.69) is 27.7 Å². The summed E-state index contributed by atoms with van der Waals surface area (Å²) in [5.41, 5.74) is 1.25. The molecule has 21 heavy (non-hydrogen) atoms. The Morgan fingerprint density at radius 1 is 1.29 bits per heavy atom. The van der Waals surface area contributed by atoms with E-state index in [4.69, 9.17) is 0 Å². The summed E-state index contributed by atoms with van der Waals surface area (Å²) >= 11 is 0. The lowest BCUT2D eigenvalue weighted by Crippen LogP contribution is -2.44. The van der Waals surface area contributed by atoms with Gasteiger partial charge in [0.1, 0.15) is 5.82 Å². The van der Waals surface area contributed by atoms with Gasteiger partial charge in [0.15, 0.2) is 0 Å². The summed E-state index contributed by atoms with van der Waals surface area (Å²) in [4.78, 5) is 14.7. The first-order valence-corrected chi connectivity index (χ1v) is 7.68. The first kappa shape index (κ1) is 17.7. The van der Waals surface area contributed by atoms with Crippen molar-refractivity contribution in [2.75, 3.05) is 4.90 Å². The van der Waals surface area contributed by atoms with Crippen molar-refractivity contribution in [3.05, 3.63) is 29.6 Å². The normalized spacial score (nSPS) is 14.7. The Labute approximate surface area is 128 Å². The van der Waals surface area contributed by atoms with Crippen LogP contribution >= 0.6 is 0 Å². The lowest BCUT2D eigenvalue weighted by Gasteiger charge is -2.35. The molecule has 1 aromatic rings. The van der Waals surface area contributed by atoms with Gasteiger partial charge in [-0.25, -0.2) is 4.39 Å². The molecule has 2 nitrogen and oxygen atoms in total. The Hall–Kier alpha value is -1.38. The summed E-state index contributed by atoms with van der Waals surface area (Å²) in [6.45, 7) is 14.0. The zero-order valence-electron chi connectivity index (χ0n) is 14.3. The molecule has 0 fully saturated rings. The summed E-state index contributed by atoms with van der Waals surface area (Å²) in [6, 6.07) is 4.98. The largest absolute Gasteiger partial charge is 0.309 e. The van der Waals surface area contributed by atoms with E-state index in [9.17, 15) is 9.18 Å². The number of amides is 1. The van der Waals surface area contributed by atoms with Crippen molar-refractivity contribution in [3.8, 4) is 0 Å². The third-order valence-corrected chi connectivity index (χ3v) is 4.36. The molecule has 118 valence electrons. The quantitative estimate of drug-likeness (QED) is 0.769. The van der Waals surface area contributed by atoms with Gasteiger partial charge in [-0.05, 0) is 49.4 Å². The van der Waals surface area contributed by atoms with Crippen molar-refractivity contribution in [2.24, 2.45) is 11.3 Å². The summed E-state index contributed by atoms with van der Waals surface area (Å²) in [6.07, 6.45) is 0.860. The van der Waals surface area contributed by atoms with Crippen LogP contribution in [-0.4, -0.2) is 11.9 Å². The van der Waals surface area contributed by atoms with E-state index in [0.717, 1.165) is 12.1 Å². The number of benzene rings is 1. The molecule has 0 bridgehead atoms. The van der Waals surface area contributed by atoms with Gasteiger partial charge >= 0.3 is 0 Å². The molecule has 0 aliphatic heterocycles. The summed E-state index contributed by atoms with van der Waals surface area (Å²) in [5, 5.41) is 0. The third-order valence-electron chi connectivity index (χ3n) is 4.36. The Bertz CT molecular complexity index is 504. The van der Waals surface area contributed by atoms with Crippen LogP contribution in [0, 0.1) is 24.1 Å². The minimum Gasteiger partial charge on any atom is -0.309 e. The number of rotatable bonds is 4. The molecular formula is C18H28FNO. The molecule has 0 spiro atoms. The SMILES string of the molecule is CCC(C)N(C(=O)C(C)C(C)(C)C)c1ccc(F)c(C)c1. The van der Waals surface area contributed by atoms with E-state index >= 15 is 0 Å². The van der Waals surface area contributed by atoms with E-state index in [0.29, 0.717) is 5.56 Å². The van der Waals surface area contributed by atoms with Crippen LogP contribution in [0.15, 0.2) is 18.2 Å². The average molecular weight is 293 g/mol. The predicted octanol–water partition coefficient (Wildman–Crippen LogP) is 4.95. The number of halogens is 1. The number of nitrogens with zero attached hydrogens (tertiary/aromatic N) is 1. The molecule has 0 heterocycles. The lowest BCUT2D eigenvalue weighted by atomic mass is 9.81. The standard InChI is InChI=1S/C18H28FNO/c1-8-13(3)20(17(21)14(4)18(5,6)7)15-9-10-16(19)12(2)11-15/h9-11,13-14H,8H2,1-7H3. The maximum absolute atomic E-state index is 13.5. The number of anilines is 1. The molecule has 1 amide bonds. The highest BCUT2D eigenvalue weighted by Crippen LogP contribution is 2.31. The van der Waals surface area contributed by atoms with Crippen LogP contribution in [0.5, 0.6) is 0 Å². The van der Waals surface area contributed by atoms with Gasteiger partial charge in [0.05, 0.1) is 0 Å². The monoisotopic (exact) mass is 293 g/mol. The van der Waals surface area contributed by atoms with Crippen LogP contribution in [0.2, 0.25) is 0 Å². The Balaban J connectivity index is 3.23. The van der Waals surface area contributed by atoms with Gasteiger partial charge in [-0.2, -0.15) is 0 Å². The van der Waals surface area contributed by atoms with Crippen molar-refractivity contribution in [1.29, 1.82) is 0 Å². The van der Waals surface area contributed by atoms with Crippen LogP contribution in [-0.2, 0) is 4.79 Å². The number of carbonyl (C=O) groups is 1. The van der Waals surface area contributed by atoms with E-state index in [-0.39, 0.29) is 29.1 Å². The molecule has 1 rings (SSSR count). The Morgan fingerprint density at radius 3 is 2.29 bits per heavy atom. The highest BCUT2D eigenvalue weighted by Gasteiger charge is 2.33. The number of hydrogen-bond acceptors (Lipinski definition) is 1. The Kier molecular flexibility index (Phi) is 5.54. The molecule has 2 unspecified atom stereocenters. The van der Waals surface area contributed by atoms with Gasteiger partial charge in [0, 0.05) is 17.6 Å². The molecule has 0 saturated carbocycles. The summed E-state index contributed by atoms with van der Waals surface area (Å²) < 4.78 is 13.5. The topological polar surface area (TPSA) is 20.3 Å². The number of hydrogen-bond donors (Lipinski definition) is 0. The van der Waals surface area contributed by atoms with Crippen molar-refractivity contribution in [3.63, 3.8) is 0 Å². The van der Waals surface area contributed by atoms with Crippen LogP contribution in [0.4, 0.5) is 10.1 Å². The highest BCUT2D eigenvalue weighted by molar-refractivity contribution is 5.95. The predicted molar refractivity (Wildman–Crippen MR) is 87.0 cm³/mol. The van der Waals surface area contributed by atoms with Crippen molar-refractivity contribution >= 4 is 11.6 Å². The van der Waals surface area contributed by atoms with Gasteiger partial charge in [0.25, 0.3) is 0 Å². The molecule has 0 saturated heterocycles. The molecule has 0 aliphatic carbocycles. The van der Waals surface area contributed by atoms with Crippen molar-refractivity contribution in [2.45, 2.75) is 60.9 Å². The second-order valence-corrected chi connectivity index (χ2v) is 6.99. The van der Waals surface area contributed by atoms with Gasteiger partial charge in [-0.15, -0.1) is 0 Å². The van der Waals surface area contributed by atoms with Crippen LogP contribution < -0.4 is 4.90 Å². The third kappa shape index (κ3) is 4.05. The number of aryl methyl sites for hydroxylation is 1. The molecule has 0 N–H and O–H groups in total. The van der Waals surface area contributed by atoms with Gasteiger partial charge < -0.3 is 4.90 Å². The zero-order chi connectivity index (χ0) is 16.4. The van der Waals surface area contributed by atoms with Gasteiger partial charge in [0.2, 0.25) is 5.91 Å². The first-order chi connectivity index (χ1) is 9.59. The number of carbonyl (C=O) groups excluding carboxylic acids is 1. The van der Waals surface area contributed by atoms with Crippen molar-refractivity contribution in [1.82, 2.24) is 0 Å². The maximum Gasteiger partial charge on any atom is 0.230 e. The lowest BCUT2D eigenvalue weighted by molar-refractivity contribution is -0.125.